The molecule has 3 nitrogen and oxygen atoms in total. The van der Waals surface area contributed by atoms with Crippen LogP contribution in [0, 0.1) is 0 Å². The van der Waals surface area contributed by atoms with Gasteiger partial charge in [0.05, 0.1) is 10.4 Å². The Morgan fingerprint density at radius 3 is 1.66 bits per heavy atom. The number of thiophene rings is 1. The molecule has 0 unspecified atom stereocenters. The van der Waals surface area contributed by atoms with Crippen LogP contribution in [0.4, 0.5) is 17.1 Å². The Morgan fingerprint density at radius 1 is 0.390 bits per heavy atom. The molecule has 13 rings (SSSR count). The average Bonchev–Trinajstić information content (AvgIpc) is 3.99. The molecule has 0 spiro atoms. The Bertz CT molecular complexity index is 3880. The Hall–Kier alpha value is -7.14. The number of rotatable bonds is 4. The highest BCUT2D eigenvalue weighted by Gasteiger charge is 2.24. The van der Waals surface area contributed by atoms with Gasteiger partial charge in [-0.1, -0.05) is 135 Å². The number of fused-ring (bicyclic) bond motifs is 20. The van der Waals surface area contributed by atoms with E-state index in [0.717, 1.165) is 60.9 Å². The summed E-state index contributed by atoms with van der Waals surface area (Å²) in [6.07, 6.45) is 0. The Labute approximate surface area is 342 Å². The molecule has 0 N–H and O–H groups in total. The molecule has 0 aliphatic heterocycles. The van der Waals surface area contributed by atoms with Crippen molar-refractivity contribution in [2.45, 2.75) is 19.8 Å². The molecule has 59 heavy (non-hydrogen) atoms. The lowest BCUT2D eigenvalue weighted by Gasteiger charge is -2.26. The van der Waals surface area contributed by atoms with Crippen molar-refractivity contribution in [3.05, 3.63) is 175 Å². The first-order valence-corrected chi connectivity index (χ1v) is 21.2. The van der Waals surface area contributed by atoms with Crippen molar-refractivity contribution in [3.8, 4) is 0 Å². The molecular weight excluding hydrogens is 739 g/mol. The van der Waals surface area contributed by atoms with Gasteiger partial charge in [0.1, 0.15) is 11.2 Å². The Morgan fingerprint density at radius 2 is 0.932 bits per heavy atom. The van der Waals surface area contributed by atoms with Gasteiger partial charge in [-0.25, -0.2) is 0 Å². The van der Waals surface area contributed by atoms with E-state index < -0.39 is 0 Å². The van der Waals surface area contributed by atoms with Crippen LogP contribution in [-0.4, -0.2) is 0 Å². The maximum atomic E-state index is 6.95. The highest BCUT2D eigenvalue weighted by atomic mass is 32.1. The van der Waals surface area contributed by atoms with Crippen LogP contribution in [-0.2, 0) is 0 Å². The van der Waals surface area contributed by atoms with E-state index in [1.165, 1.54) is 68.8 Å². The zero-order valence-electron chi connectivity index (χ0n) is 32.4. The number of nitrogens with zero attached hydrogens (tertiary/aromatic N) is 1. The third kappa shape index (κ3) is 4.58. The molecule has 0 bridgehead atoms. The first-order valence-electron chi connectivity index (χ1n) is 20.4. The molecule has 3 aromatic heterocycles. The van der Waals surface area contributed by atoms with Gasteiger partial charge in [0.15, 0.2) is 11.2 Å². The zero-order chi connectivity index (χ0) is 38.9. The first-order chi connectivity index (χ1) is 29.1. The maximum Gasteiger partial charge on any atom is 0.159 e. The minimum absolute atomic E-state index is 0.435. The molecule has 3 heterocycles. The van der Waals surface area contributed by atoms with Gasteiger partial charge in [0.25, 0.3) is 0 Å². The van der Waals surface area contributed by atoms with E-state index in [4.69, 9.17) is 8.83 Å². The minimum atomic E-state index is 0.435. The van der Waals surface area contributed by atoms with Crippen LogP contribution in [0.2, 0.25) is 0 Å². The maximum absolute atomic E-state index is 6.95. The summed E-state index contributed by atoms with van der Waals surface area (Å²) >= 11 is 1.87. The summed E-state index contributed by atoms with van der Waals surface area (Å²) < 4.78 is 16.1. The van der Waals surface area contributed by atoms with E-state index in [0.29, 0.717) is 5.92 Å². The number of benzene rings is 10. The normalized spacial score (nSPS) is 12.4. The lowest BCUT2D eigenvalue weighted by molar-refractivity contribution is 0.669. The zero-order valence-corrected chi connectivity index (χ0v) is 33.2. The predicted octanol–water partition coefficient (Wildman–Crippen LogP) is 17.1. The van der Waals surface area contributed by atoms with Crippen molar-refractivity contribution in [2.75, 3.05) is 4.90 Å². The predicted molar refractivity (Wildman–Crippen MR) is 253 cm³/mol. The summed E-state index contributed by atoms with van der Waals surface area (Å²) in [4.78, 5) is 2.33. The average molecular weight is 774 g/mol. The lowest BCUT2D eigenvalue weighted by Crippen LogP contribution is -2.10. The van der Waals surface area contributed by atoms with Gasteiger partial charge in [-0.2, -0.15) is 0 Å². The summed E-state index contributed by atoms with van der Waals surface area (Å²) in [6.45, 7) is 4.48. The molecule has 4 heteroatoms. The van der Waals surface area contributed by atoms with Gasteiger partial charge in [-0.15, -0.1) is 11.3 Å². The van der Waals surface area contributed by atoms with Gasteiger partial charge in [-0.3, -0.25) is 0 Å². The van der Waals surface area contributed by atoms with Gasteiger partial charge in [0.2, 0.25) is 0 Å². The fourth-order valence-corrected chi connectivity index (χ4v) is 11.2. The quantitative estimate of drug-likeness (QED) is 0.167. The molecule has 0 amide bonds. The highest BCUT2D eigenvalue weighted by Crippen LogP contribution is 2.51. The van der Waals surface area contributed by atoms with E-state index in [9.17, 15) is 0 Å². The number of para-hydroxylation sites is 2. The summed E-state index contributed by atoms with van der Waals surface area (Å²) in [5.41, 5.74) is 7.97. The van der Waals surface area contributed by atoms with Crippen molar-refractivity contribution >= 4 is 136 Å². The summed E-state index contributed by atoms with van der Waals surface area (Å²) in [6, 6.07) is 61.7. The molecule has 0 saturated heterocycles. The van der Waals surface area contributed by atoms with Crippen molar-refractivity contribution < 1.29 is 8.83 Å². The van der Waals surface area contributed by atoms with Gasteiger partial charge in [0, 0.05) is 53.8 Å². The molecule has 278 valence electrons. The van der Waals surface area contributed by atoms with Crippen LogP contribution in [0.5, 0.6) is 0 Å². The monoisotopic (exact) mass is 773 g/mol. The van der Waals surface area contributed by atoms with E-state index in [2.05, 4.69) is 183 Å². The van der Waals surface area contributed by atoms with E-state index in [-0.39, 0.29) is 0 Å². The molecule has 0 saturated carbocycles. The molecular formula is C55H35NO2S. The number of hydrogen-bond acceptors (Lipinski definition) is 4. The van der Waals surface area contributed by atoms with Crippen LogP contribution >= 0.6 is 11.3 Å². The van der Waals surface area contributed by atoms with Crippen molar-refractivity contribution in [1.29, 1.82) is 0 Å². The molecule has 0 aliphatic carbocycles. The van der Waals surface area contributed by atoms with Crippen molar-refractivity contribution in [1.82, 2.24) is 0 Å². The SMILES string of the molecule is CC(C)c1ccc(N(c2ccc3oc4c(ccc5c4sc4c5c5ccccc5c5c6ccccc6c6ccccc6c45)c3c2)c2cccc3c2oc2ccccc23)cc1. The largest absolute Gasteiger partial charge is 0.455 e. The van der Waals surface area contributed by atoms with Crippen LogP contribution < -0.4 is 4.90 Å². The summed E-state index contributed by atoms with van der Waals surface area (Å²) in [5, 5.41) is 17.3. The van der Waals surface area contributed by atoms with Gasteiger partial charge < -0.3 is 13.7 Å². The number of anilines is 3. The molecule has 0 radical (unpaired) electrons. The second kappa shape index (κ2) is 12.2. The van der Waals surface area contributed by atoms with Crippen LogP contribution in [0.3, 0.4) is 0 Å². The second-order valence-corrected chi connectivity index (χ2v) is 17.1. The van der Waals surface area contributed by atoms with Gasteiger partial charge >= 0.3 is 0 Å². The first kappa shape index (κ1) is 32.9. The minimum Gasteiger partial charge on any atom is -0.455 e. The van der Waals surface area contributed by atoms with Crippen molar-refractivity contribution in [2.24, 2.45) is 0 Å². The Balaban J connectivity index is 1.09. The topological polar surface area (TPSA) is 29.5 Å². The van der Waals surface area contributed by atoms with E-state index in [1.807, 2.05) is 17.4 Å². The molecule has 0 atom stereocenters. The van der Waals surface area contributed by atoms with E-state index in [1.54, 1.807) is 0 Å². The number of hydrogen-bond donors (Lipinski definition) is 0. The number of furan rings is 2. The second-order valence-electron chi connectivity index (χ2n) is 16.1. The fraction of sp³-hybridized carbons (Fsp3) is 0.0545. The standard InChI is InChI=1S/C55H35NO2S/c1-31(2)32-22-24-33(25-23-32)56(46-20-11-19-42-37-14-9-10-21-47(37)57-52(42)46)34-26-29-48-45(30-34)43-27-28-44-50-41-18-8-7-17-40(41)49-38-15-5-3-12-35(38)36-13-4-6-16-39(36)51(49)55(50)59-54(44)53(43)58-48/h3-31H,1-2H3. The third-order valence-electron chi connectivity index (χ3n) is 12.6. The molecule has 0 fully saturated rings. The molecule has 0 aliphatic rings. The van der Waals surface area contributed by atoms with Gasteiger partial charge in [-0.05, 0) is 97.7 Å². The lowest BCUT2D eigenvalue weighted by atomic mass is 9.89. The fourth-order valence-electron chi connectivity index (χ4n) is 9.88. The Kier molecular flexibility index (Phi) is 6.79. The van der Waals surface area contributed by atoms with E-state index >= 15 is 0 Å². The molecule has 10 aromatic carbocycles. The van der Waals surface area contributed by atoms with Crippen LogP contribution in [0.1, 0.15) is 25.3 Å². The summed E-state index contributed by atoms with van der Waals surface area (Å²) in [7, 11) is 0. The summed E-state index contributed by atoms with van der Waals surface area (Å²) in [5.74, 6) is 0.435. The smallest absolute Gasteiger partial charge is 0.159 e. The highest BCUT2D eigenvalue weighted by molar-refractivity contribution is 7.28. The van der Waals surface area contributed by atoms with Crippen LogP contribution in [0.15, 0.2) is 179 Å². The van der Waals surface area contributed by atoms with Crippen LogP contribution in [0.25, 0.3) is 107 Å². The van der Waals surface area contributed by atoms with Crippen molar-refractivity contribution in [3.63, 3.8) is 0 Å². The molecule has 13 aromatic rings. The third-order valence-corrected chi connectivity index (χ3v) is 13.8.